The highest BCUT2D eigenvalue weighted by molar-refractivity contribution is 6.74. The van der Waals surface area contributed by atoms with Crippen molar-refractivity contribution in [1.82, 2.24) is 0 Å². The Morgan fingerprint density at radius 3 is 2.52 bits per heavy atom. The normalized spacial score (nSPS) is 26.7. The van der Waals surface area contributed by atoms with Crippen LogP contribution in [0.1, 0.15) is 73.6 Å². The number of hydrogen-bond acceptors (Lipinski definition) is 4. The van der Waals surface area contributed by atoms with Gasteiger partial charge in [0, 0.05) is 24.7 Å². The molecule has 0 bridgehead atoms. The Balaban J connectivity index is 2.01. The summed E-state index contributed by atoms with van der Waals surface area (Å²) >= 11 is 0. The second kappa shape index (κ2) is 9.30. The predicted octanol–water partition coefficient (Wildman–Crippen LogP) is 5.98. The third-order valence-electron chi connectivity index (χ3n) is 6.69. The molecule has 0 aliphatic heterocycles. The zero-order chi connectivity index (χ0) is 22.0. The maximum Gasteiger partial charge on any atom is 0.306 e. The van der Waals surface area contributed by atoms with E-state index in [1.807, 2.05) is 13.8 Å². The Labute approximate surface area is 178 Å². The van der Waals surface area contributed by atoms with E-state index in [9.17, 15) is 9.59 Å². The fourth-order valence-corrected chi connectivity index (χ4v) is 5.34. The molecule has 0 saturated heterocycles. The number of carbonyl (C=O) groups is 2. The van der Waals surface area contributed by atoms with Gasteiger partial charge in [-0.1, -0.05) is 38.5 Å². The average Bonchev–Trinajstić information content (AvgIpc) is 2.84. The standard InChI is InChI=1S/C24H40O4Si/c1-16(2)27-23(26)12-10-9-11-18-14-19-20(13-17(18)3)22(15-21(19)25)28-29(7,8)24(4,5)6/h11,13,16,19-20,22H,9-10,12,14-15H2,1-8H3/b18-11+/t19-,20-,22?/m1/s1. The maximum atomic E-state index is 12.7. The molecule has 0 heterocycles. The minimum Gasteiger partial charge on any atom is -0.463 e. The predicted molar refractivity (Wildman–Crippen MR) is 120 cm³/mol. The molecule has 0 spiro atoms. The summed E-state index contributed by atoms with van der Waals surface area (Å²) in [5.74, 6) is 0.459. The van der Waals surface area contributed by atoms with E-state index in [0.29, 0.717) is 18.6 Å². The van der Waals surface area contributed by atoms with Gasteiger partial charge >= 0.3 is 5.97 Å². The van der Waals surface area contributed by atoms with Gasteiger partial charge in [-0.25, -0.2) is 0 Å². The van der Waals surface area contributed by atoms with Crippen LogP contribution >= 0.6 is 0 Å². The molecule has 0 aromatic carbocycles. The van der Waals surface area contributed by atoms with Gasteiger partial charge in [-0.15, -0.1) is 0 Å². The molecule has 0 aromatic rings. The van der Waals surface area contributed by atoms with Crippen LogP contribution in [0.4, 0.5) is 0 Å². The first-order chi connectivity index (χ1) is 13.3. The van der Waals surface area contributed by atoms with E-state index in [-0.39, 0.29) is 35.1 Å². The van der Waals surface area contributed by atoms with Crippen LogP contribution in [0.2, 0.25) is 18.1 Å². The van der Waals surface area contributed by atoms with E-state index in [2.05, 4.69) is 52.9 Å². The molecule has 1 saturated carbocycles. The van der Waals surface area contributed by atoms with Gasteiger partial charge in [0.25, 0.3) is 0 Å². The van der Waals surface area contributed by atoms with Crippen LogP contribution < -0.4 is 0 Å². The summed E-state index contributed by atoms with van der Waals surface area (Å²) in [5.41, 5.74) is 2.51. The van der Waals surface area contributed by atoms with Gasteiger partial charge in [-0.05, 0) is 63.7 Å². The number of Topliss-reactive ketones (excluding diaryl/α,β-unsaturated/α-hetero) is 1. The zero-order valence-corrected chi connectivity index (χ0v) is 20.6. The van der Waals surface area contributed by atoms with Crippen LogP contribution in [0.25, 0.3) is 0 Å². The molecule has 2 aliphatic rings. The van der Waals surface area contributed by atoms with E-state index in [1.165, 1.54) is 11.1 Å². The fourth-order valence-electron chi connectivity index (χ4n) is 3.99. The Morgan fingerprint density at radius 2 is 1.93 bits per heavy atom. The van der Waals surface area contributed by atoms with Crippen molar-refractivity contribution in [3.05, 3.63) is 23.3 Å². The van der Waals surface area contributed by atoms with E-state index < -0.39 is 8.32 Å². The van der Waals surface area contributed by atoms with Crippen molar-refractivity contribution < 1.29 is 18.8 Å². The monoisotopic (exact) mass is 420 g/mol. The Bertz CT molecular complexity index is 681. The van der Waals surface area contributed by atoms with Crippen molar-refractivity contribution in [2.24, 2.45) is 11.8 Å². The highest BCUT2D eigenvalue weighted by Crippen LogP contribution is 2.46. The van der Waals surface area contributed by atoms with Crippen LogP contribution in [0, 0.1) is 11.8 Å². The van der Waals surface area contributed by atoms with Crippen molar-refractivity contribution in [2.45, 2.75) is 104 Å². The highest BCUT2D eigenvalue weighted by atomic mass is 28.4. The lowest BCUT2D eigenvalue weighted by atomic mass is 9.79. The molecule has 5 heteroatoms. The summed E-state index contributed by atoms with van der Waals surface area (Å²) in [6.07, 6.45) is 7.85. The summed E-state index contributed by atoms with van der Waals surface area (Å²) < 4.78 is 11.8. The van der Waals surface area contributed by atoms with Gasteiger partial charge < -0.3 is 9.16 Å². The van der Waals surface area contributed by atoms with Crippen molar-refractivity contribution in [3.8, 4) is 0 Å². The molecular weight excluding hydrogens is 380 g/mol. The molecule has 164 valence electrons. The Kier molecular flexibility index (Phi) is 7.72. The topological polar surface area (TPSA) is 52.6 Å². The Morgan fingerprint density at radius 1 is 1.28 bits per heavy atom. The molecule has 4 nitrogen and oxygen atoms in total. The molecule has 0 aromatic heterocycles. The maximum absolute atomic E-state index is 12.7. The van der Waals surface area contributed by atoms with Crippen LogP contribution in [-0.2, 0) is 18.8 Å². The lowest BCUT2D eigenvalue weighted by Gasteiger charge is -2.40. The number of ketones is 1. The molecule has 2 aliphatic carbocycles. The number of hydrogen-bond donors (Lipinski definition) is 0. The minimum absolute atomic E-state index is 0.0238. The van der Waals surface area contributed by atoms with Gasteiger partial charge in [0.05, 0.1) is 12.2 Å². The first-order valence-corrected chi connectivity index (χ1v) is 14.0. The molecule has 3 atom stereocenters. The average molecular weight is 421 g/mol. The molecule has 0 amide bonds. The molecular formula is C24H40O4Si. The number of esters is 1. The fraction of sp³-hybridized carbons (Fsp3) is 0.750. The molecule has 0 N–H and O–H groups in total. The van der Waals surface area contributed by atoms with Gasteiger partial charge in [-0.3, -0.25) is 9.59 Å². The van der Waals surface area contributed by atoms with E-state index >= 15 is 0 Å². The summed E-state index contributed by atoms with van der Waals surface area (Å²) in [7, 11) is -1.90. The van der Waals surface area contributed by atoms with Crippen LogP contribution in [0.5, 0.6) is 0 Å². The third kappa shape index (κ3) is 6.14. The van der Waals surface area contributed by atoms with Gasteiger partial charge in [0.15, 0.2) is 8.32 Å². The molecule has 0 radical (unpaired) electrons. The lowest BCUT2D eigenvalue weighted by Crippen LogP contribution is -2.45. The van der Waals surface area contributed by atoms with Gasteiger partial charge in [-0.2, -0.15) is 0 Å². The lowest BCUT2D eigenvalue weighted by molar-refractivity contribution is -0.147. The quantitative estimate of drug-likeness (QED) is 0.289. The summed E-state index contributed by atoms with van der Waals surface area (Å²) in [6.45, 7) is 17.1. The van der Waals surface area contributed by atoms with Crippen molar-refractivity contribution in [3.63, 3.8) is 0 Å². The molecule has 1 fully saturated rings. The first kappa shape index (κ1) is 24.1. The minimum atomic E-state index is -1.90. The van der Waals surface area contributed by atoms with E-state index in [0.717, 1.165) is 19.3 Å². The molecule has 1 unspecified atom stereocenters. The zero-order valence-electron chi connectivity index (χ0n) is 19.6. The molecule has 2 rings (SSSR count). The van der Waals surface area contributed by atoms with Crippen LogP contribution in [-0.4, -0.2) is 32.3 Å². The third-order valence-corrected chi connectivity index (χ3v) is 11.2. The van der Waals surface area contributed by atoms with Crippen molar-refractivity contribution in [1.29, 1.82) is 0 Å². The number of ether oxygens (including phenoxy) is 1. The highest BCUT2D eigenvalue weighted by Gasteiger charge is 2.48. The number of rotatable bonds is 7. The van der Waals surface area contributed by atoms with E-state index in [1.54, 1.807) is 0 Å². The number of carbonyl (C=O) groups excluding carboxylic acids is 2. The largest absolute Gasteiger partial charge is 0.463 e. The first-order valence-electron chi connectivity index (χ1n) is 11.1. The summed E-state index contributed by atoms with van der Waals surface area (Å²) in [6, 6.07) is 0. The summed E-state index contributed by atoms with van der Waals surface area (Å²) in [4.78, 5) is 24.4. The number of unbranched alkanes of at least 4 members (excludes halogenated alkanes) is 1. The SMILES string of the molecule is CC1=C[C@H]2C(O[Si](C)(C)C(C)(C)C)CC(=O)[C@@H]2C/C1=C\CCCC(=O)OC(C)C. The van der Waals surface area contributed by atoms with Crippen LogP contribution in [0.3, 0.4) is 0 Å². The Hall–Kier alpha value is -1.20. The van der Waals surface area contributed by atoms with E-state index in [4.69, 9.17) is 9.16 Å². The van der Waals surface area contributed by atoms with Crippen molar-refractivity contribution >= 4 is 20.1 Å². The second-order valence-corrected chi connectivity index (χ2v) is 15.2. The summed E-state index contributed by atoms with van der Waals surface area (Å²) in [5, 5.41) is 0.142. The van der Waals surface area contributed by atoms with Gasteiger partial charge in [0.1, 0.15) is 5.78 Å². The van der Waals surface area contributed by atoms with Gasteiger partial charge in [0.2, 0.25) is 0 Å². The number of allylic oxidation sites excluding steroid dienone is 3. The smallest absolute Gasteiger partial charge is 0.306 e. The number of fused-ring (bicyclic) bond motifs is 1. The second-order valence-electron chi connectivity index (χ2n) is 10.5. The van der Waals surface area contributed by atoms with Crippen molar-refractivity contribution in [2.75, 3.05) is 0 Å². The van der Waals surface area contributed by atoms with Crippen LogP contribution in [0.15, 0.2) is 23.3 Å². The molecule has 29 heavy (non-hydrogen) atoms.